The lowest BCUT2D eigenvalue weighted by atomic mass is 10.4. The summed E-state index contributed by atoms with van der Waals surface area (Å²) in [4.78, 5) is 5.28. The average molecular weight is 335 g/mol. The molecule has 0 fully saturated rings. The van der Waals surface area contributed by atoms with Gasteiger partial charge < -0.3 is 10.6 Å². The largest absolute Gasteiger partial charge is 0.356 e. The second-order valence-electron chi connectivity index (χ2n) is 4.85. The molecule has 1 aromatic heterocycles. The second-order valence-corrected chi connectivity index (χ2v) is 6.02. The minimum atomic E-state index is -0.194. The Balaban J connectivity index is 1.55. The van der Waals surface area contributed by atoms with Crippen LogP contribution in [0.25, 0.3) is 0 Å². The van der Waals surface area contributed by atoms with Gasteiger partial charge in [0.2, 0.25) is 0 Å². The van der Waals surface area contributed by atoms with Gasteiger partial charge in [0, 0.05) is 37.4 Å². The number of nitrogens with zero attached hydrogens (tertiary/aromatic N) is 3. The van der Waals surface area contributed by atoms with Crippen molar-refractivity contribution in [1.82, 2.24) is 20.4 Å². The van der Waals surface area contributed by atoms with Gasteiger partial charge in [-0.15, -0.1) is 11.8 Å². The highest BCUT2D eigenvalue weighted by molar-refractivity contribution is 7.99. The molecule has 0 aliphatic heterocycles. The van der Waals surface area contributed by atoms with Crippen molar-refractivity contribution < 1.29 is 4.39 Å². The Morgan fingerprint density at radius 2 is 2.04 bits per heavy atom. The van der Waals surface area contributed by atoms with Crippen LogP contribution in [0.4, 0.5) is 4.39 Å². The summed E-state index contributed by atoms with van der Waals surface area (Å²) in [6.07, 6.45) is 4.71. The summed E-state index contributed by atoms with van der Waals surface area (Å²) in [7, 11) is 1.76. The Bertz CT molecular complexity index is 583. The zero-order valence-corrected chi connectivity index (χ0v) is 14.0. The van der Waals surface area contributed by atoms with Crippen LogP contribution < -0.4 is 10.6 Å². The molecule has 1 heterocycles. The van der Waals surface area contributed by atoms with Crippen LogP contribution in [0, 0.1) is 5.82 Å². The quantitative estimate of drug-likeness (QED) is 0.337. The lowest BCUT2D eigenvalue weighted by molar-refractivity contribution is 0.597. The fraction of sp³-hybridized carbons (Fsp3) is 0.375. The van der Waals surface area contributed by atoms with Gasteiger partial charge in [-0.25, -0.2) is 4.39 Å². The number of benzene rings is 1. The van der Waals surface area contributed by atoms with E-state index in [1.54, 1.807) is 25.0 Å². The van der Waals surface area contributed by atoms with E-state index in [1.807, 2.05) is 29.1 Å². The van der Waals surface area contributed by atoms with E-state index >= 15 is 0 Å². The molecule has 0 saturated heterocycles. The minimum absolute atomic E-state index is 0.194. The molecule has 0 amide bonds. The highest BCUT2D eigenvalue weighted by Gasteiger charge is 1.98. The molecule has 1 aromatic carbocycles. The molecule has 0 atom stereocenters. The molecule has 0 aliphatic carbocycles. The van der Waals surface area contributed by atoms with Crippen LogP contribution in [0.15, 0.2) is 52.6 Å². The third-order valence-corrected chi connectivity index (χ3v) is 4.21. The fourth-order valence-electron chi connectivity index (χ4n) is 1.94. The molecule has 2 aromatic rings. The summed E-state index contributed by atoms with van der Waals surface area (Å²) in [5.74, 6) is 1.58. The number of guanidine groups is 1. The molecule has 0 saturated carbocycles. The molecule has 23 heavy (non-hydrogen) atoms. The highest BCUT2D eigenvalue weighted by atomic mass is 32.2. The van der Waals surface area contributed by atoms with Gasteiger partial charge in [0.15, 0.2) is 5.96 Å². The molecule has 7 heteroatoms. The van der Waals surface area contributed by atoms with E-state index in [0.29, 0.717) is 0 Å². The third kappa shape index (κ3) is 6.73. The molecule has 0 unspecified atom stereocenters. The number of nitrogens with one attached hydrogen (secondary N) is 2. The summed E-state index contributed by atoms with van der Waals surface area (Å²) in [5.41, 5.74) is 0. The van der Waals surface area contributed by atoms with Crippen molar-refractivity contribution in [3.63, 3.8) is 0 Å². The Morgan fingerprint density at radius 1 is 1.26 bits per heavy atom. The van der Waals surface area contributed by atoms with Crippen molar-refractivity contribution >= 4 is 17.7 Å². The molecule has 0 bridgehead atoms. The van der Waals surface area contributed by atoms with E-state index in [0.717, 1.165) is 42.7 Å². The molecule has 2 rings (SSSR count). The van der Waals surface area contributed by atoms with Crippen LogP contribution in [0.5, 0.6) is 0 Å². The van der Waals surface area contributed by atoms with Gasteiger partial charge in [-0.2, -0.15) is 5.10 Å². The number of aliphatic imine (C=N–C) groups is 1. The maximum Gasteiger partial charge on any atom is 0.191 e. The summed E-state index contributed by atoms with van der Waals surface area (Å²) < 4.78 is 14.7. The summed E-state index contributed by atoms with van der Waals surface area (Å²) in [5, 5.41) is 10.7. The molecule has 5 nitrogen and oxygen atoms in total. The number of hydrogen-bond acceptors (Lipinski definition) is 3. The van der Waals surface area contributed by atoms with E-state index in [4.69, 9.17) is 0 Å². The van der Waals surface area contributed by atoms with Crippen LogP contribution in [-0.4, -0.2) is 41.6 Å². The lowest BCUT2D eigenvalue weighted by Gasteiger charge is -2.11. The third-order valence-electron chi connectivity index (χ3n) is 3.11. The SMILES string of the molecule is CN=C(NCCCSc1ccc(F)cc1)NCCn1cccn1. The first-order chi connectivity index (χ1) is 11.3. The Kier molecular flexibility index (Phi) is 7.45. The monoisotopic (exact) mass is 335 g/mol. The maximum atomic E-state index is 12.8. The van der Waals surface area contributed by atoms with Gasteiger partial charge in [0.25, 0.3) is 0 Å². The number of rotatable bonds is 8. The van der Waals surface area contributed by atoms with Crippen LogP contribution in [0.3, 0.4) is 0 Å². The van der Waals surface area contributed by atoms with E-state index in [9.17, 15) is 4.39 Å². The van der Waals surface area contributed by atoms with Gasteiger partial charge in [-0.3, -0.25) is 9.67 Å². The van der Waals surface area contributed by atoms with Gasteiger partial charge in [0.1, 0.15) is 5.82 Å². The molecule has 0 aliphatic rings. The number of thioether (sulfide) groups is 1. The number of aromatic nitrogens is 2. The maximum absolute atomic E-state index is 12.8. The zero-order valence-electron chi connectivity index (χ0n) is 13.2. The first-order valence-electron chi connectivity index (χ1n) is 7.58. The summed E-state index contributed by atoms with van der Waals surface area (Å²) in [6.45, 7) is 2.41. The highest BCUT2D eigenvalue weighted by Crippen LogP contribution is 2.18. The Labute approximate surface area is 140 Å². The minimum Gasteiger partial charge on any atom is -0.356 e. The topological polar surface area (TPSA) is 54.2 Å². The lowest BCUT2D eigenvalue weighted by Crippen LogP contribution is -2.39. The standard InChI is InChI=1S/C16H22FN5S/c1-18-16(20-10-12-22-11-2-9-21-22)19-8-3-13-23-15-6-4-14(17)5-7-15/h2,4-7,9,11H,3,8,10,12-13H2,1H3,(H2,18,19,20). The van der Waals surface area contributed by atoms with Gasteiger partial charge >= 0.3 is 0 Å². The number of halogens is 1. The van der Waals surface area contributed by atoms with Crippen LogP contribution in [-0.2, 0) is 6.54 Å². The first-order valence-corrected chi connectivity index (χ1v) is 8.57. The molecular formula is C16H22FN5S. The van der Waals surface area contributed by atoms with Gasteiger partial charge in [-0.1, -0.05) is 0 Å². The summed E-state index contributed by atoms with van der Waals surface area (Å²) >= 11 is 1.73. The van der Waals surface area contributed by atoms with Crippen LogP contribution in [0.1, 0.15) is 6.42 Å². The molecule has 2 N–H and O–H groups in total. The van der Waals surface area contributed by atoms with Crippen molar-refractivity contribution in [3.05, 3.63) is 48.5 Å². The van der Waals surface area contributed by atoms with E-state index < -0.39 is 0 Å². The van der Waals surface area contributed by atoms with Gasteiger partial charge in [0.05, 0.1) is 6.54 Å². The number of hydrogen-bond donors (Lipinski definition) is 2. The van der Waals surface area contributed by atoms with E-state index in [-0.39, 0.29) is 5.82 Å². The molecule has 0 spiro atoms. The molecular weight excluding hydrogens is 313 g/mol. The Hall–Kier alpha value is -2.02. The van der Waals surface area contributed by atoms with Crippen molar-refractivity contribution in [2.24, 2.45) is 4.99 Å². The summed E-state index contributed by atoms with van der Waals surface area (Å²) in [6, 6.07) is 8.51. The molecule has 124 valence electrons. The van der Waals surface area contributed by atoms with Crippen molar-refractivity contribution in [3.8, 4) is 0 Å². The van der Waals surface area contributed by atoms with Crippen LogP contribution in [0.2, 0.25) is 0 Å². The predicted octanol–water partition coefficient (Wildman–Crippen LogP) is 2.37. The molecule has 0 radical (unpaired) electrons. The van der Waals surface area contributed by atoms with E-state index in [1.165, 1.54) is 12.1 Å². The van der Waals surface area contributed by atoms with Gasteiger partial charge in [-0.05, 0) is 42.5 Å². The normalized spacial score (nSPS) is 11.5. The van der Waals surface area contributed by atoms with Crippen molar-refractivity contribution in [2.75, 3.05) is 25.9 Å². The Morgan fingerprint density at radius 3 is 2.74 bits per heavy atom. The second kappa shape index (κ2) is 9.89. The van der Waals surface area contributed by atoms with Crippen molar-refractivity contribution in [1.29, 1.82) is 0 Å². The zero-order chi connectivity index (χ0) is 16.3. The smallest absolute Gasteiger partial charge is 0.191 e. The first kappa shape index (κ1) is 17.3. The predicted molar refractivity (Wildman–Crippen MR) is 93.3 cm³/mol. The van der Waals surface area contributed by atoms with Crippen LogP contribution >= 0.6 is 11.8 Å². The fourth-order valence-corrected chi connectivity index (χ4v) is 2.79. The van der Waals surface area contributed by atoms with Crippen molar-refractivity contribution in [2.45, 2.75) is 17.9 Å². The average Bonchev–Trinajstić information content (AvgIpc) is 3.08. The van der Waals surface area contributed by atoms with E-state index in [2.05, 4.69) is 20.7 Å².